The molecule has 3 rings (SSSR count). The van der Waals surface area contributed by atoms with Crippen LogP contribution in [0.1, 0.15) is 29.1 Å². The van der Waals surface area contributed by atoms with Gasteiger partial charge in [0.15, 0.2) is 6.29 Å². The molecule has 0 bridgehead atoms. The number of hydrogen-bond acceptors (Lipinski definition) is 2. The van der Waals surface area contributed by atoms with Gasteiger partial charge in [-0.1, -0.05) is 54.6 Å². The van der Waals surface area contributed by atoms with Gasteiger partial charge in [-0.05, 0) is 11.1 Å². The van der Waals surface area contributed by atoms with Gasteiger partial charge in [-0.25, -0.2) is 0 Å². The quantitative estimate of drug-likeness (QED) is 0.810. The number of fused-ring (bicyclic) bond motifs is 1. The lowest BCUT2D eigenvalue weighted by Gasteiger charge is -2.29. The van der Waals surface area contributed by atoms with Crippen molar-refractivity contribution in [2.75, 3.05) is 0 Å². The van der Waals surface area contributed by atoms with E-state index in [2.05, 4.69) is 6.07 Å². The first-order valence-corrected chi connectivity index (χ1v) is 5.81. The smallest absolute Gasteiger partial charge is 0.182 e. The minimum atomic E-state index is -0.815. The second kappa shape index (κ2) is 4.32. The lowest BCUT2D eigenvalue weighted by Crippen LogP contribution is -2.19. The molecule has 17 heavy (non-hydrogen) atoms. The highest BCUT2D eigenvalue weighted by atomic mass is 16.6. The summed E-state index contributed by atoms with van der Waals surface area (Å²) in [6.07, 6.45) is -0.0525. The van der Waals surface area contributed by atoms with Crippen molar-refractivity contribution in [3.8, 4) is 0 Å². The van der Waals surface area contributed by atoms with E-state index in [0.29, 0.717) is 0 Å². The Labute approximate surface area is 100 Å². The van der Waals surface area contributed by atoms with Crippen LogP contribution in [0.3, 0.4) is 0 Å². The third kappa shape index (κ3) is 1.97. The number of aliphatic hydroxyl groups excluding tert-OH is 1. The van der Waals surface area contributed by atoms with E-state index in [1.807, 2.05) is 48.5 Å². The van der Waals surface area contributed by atoms with Crippen LogP contribution in [0.15, 0.2) is 54.6 Å². The fourth-order valence-electron chi connectivity index (χ4n) is 2.30. The van der Waals surface area contributed by atoms with Crippen molar-refractivity contribution in [2.45, 2.75) is 18.8 Å². The van der Waals surface area contributed by atoms with Crippen LogP contribution in [-0.2, 0) is 11.2 Å². The molecule has 1 aliphatic heterocycles. The molecule has 1 N–H and O–H groups in total. The molecule has 0 spiro atoms. The summed E-state index contributed by atoms with van der Waals surface area (Å²) >= 11 is 0. The van der Waals surface area contributed by atoms with Gasteiger partial charge in [0.1, 0.15) is 0 Å². The summed E-state index contributed by atoms with van der Waals surface area (Å²) in [7, 11) is 0. The summed E-state index contributed by atoms with van der Waals surface area (Å²) in [6, 6.07) is 17.9. The van der Waals surface area contributed by atoms with E-state index < -0.39 is 6.29 Å². The molecule has 1 heterocycles. The zero-order chi connectivity index (χ0) is 11.7. The van der Waals surface area contributed by atoms with Crippen LogP contribution >= 0.6 is 0 Å². The molecule has 0 unspecified atom stereocenters. The first-order chi connectivity index (χ1) is 8.34. The molecule has 0 saturated heterocycles. The highest BCUT2D eigenvalue weighted by Crippen LogP contribution is 2.35. The molecule has 0 saturated carbocycles. The first kappa shape index (κ1) is 10.5. The number of aliphatic hydroxyl groups is 1. The molecule has 2 aromatic carbocycles. The summed E-state index contributed by atoms with van der Waals surface area (Å²) in [4.78, 5) is 0. The van der Waals surface area contributed by atoms with Crippen LogP contribution in [0.2, 0.25) is 0 Å². The second-order valence-electron chi connectivity index (χ2n) is 4.29. The largest absolute Gasteiger partial charge is 0.364 e. The first-order valence-electron chi connectivity index (χ1n) is 5.81. The third-order valence-corrected chi connectivity index (χ3v) is 3.19. The molecular weight excluding hydrogens is 212 g/mol. The Morgan fingerprint density at radius 2 is 1.65 bits per heavy atom. The average Bonchev–Trinajstić information content (AvgIpc) is 2.40. The maximum atomic E-state index is 9.97. The Morgan fingerprint density at radius 3 is 2.47 bits per heavy atom. The minimum absolute atomic E-state index is 0.0545. The van der Waals surface area contributed by atoms with Crippen LogP contribution < -0.4 is 0 Å². The van der Waals surface area contributed by atoms with Gasteiger partial charge in [0.25, 0.3) is 0 Å². The van der Waals surface area contributed by atoms with Gasteiger partial charge in [0.2, 0.25) is 0 Å². The monoisotopic (exact) mass is 226 g/mol. The molecule has 86 valence electrons. The number of ether oxygens (including phenoxy) is 1. The molecule has 0 radical (unpaired) electrons. The molecule has 0 aliphatic carbocycles. The Bertz CT molecular complexity index is 507. The van der Waals surface area contributed by atoms with Gasteiger partial charge in [0.05, 0.1) is 6.10 Å². The van der Waals surface area contributed by atoms with Crippen molar-refractivity contribution in [3.05, 3.63) is 71.3 Å². The highest BCUT2D eigenvalue weighted by Gasteiger charge is 2.26. The standard InChI is InChI=1S/C15H14O2/c16-15-13-9-5-4-8-12(13)10-14(17-15)11-6-2-1-3-7-11/h1-9,14-16H,10H2/t14-,15-/m0/s1. The Hall–Kier alpha value is -1.64. The molecule has 0 aromatic heterocycles. The van der Waals surface area contributed by atoms with Crippen LogP contribution in [-0.4, -0.2) is 5.11 Å². The second-order valence-corrected chi connectivity index (χ2v) is 4.29. The zero-order valence-corrected chi connectivity index (χ0v) is 9.41. The van der Waals surface area contributed by atoms with Gasteiger partial charge >= 0.3 is 0 Å². The van der Waals surface area contributed by atoms with Crippen LogP contribution in [0.5, 0.6) is 0 Å². The zero-order valence-electron chi connectivity index (χ0n) is 9.41. The highest BCUT2D eigenvalue weighted by molar-refractivity contribution is 5.32. The Balaban J connectivity index is 1.94. The topological polar surface area (TPSA) is 29.5 Å². The lowest BCUT2D eigenvalue weighted by molar-refractivity contribution is -0.151. The van der Waals surface area contributed by atoms with Gasteiger partial charge in [0, 0.05) is 12.0 Å². The SMILES string of the molecule is O[C@H]1O[C@H](c2ccccc2)Cc2ccccc21. The van der Waals surface area contributed by atoms with Gasteiger partial charge in [-0.15, -0.1) is 0 Å². The molecule has 0 fully saturated rings. The van der Waals surface area contributed by atoms with Crippen molar-refractivity contribution in [3.63, 3.8) is 0 Å². The summed E-state index contributed by atoms with van der Waals surface area (Å²) in [5.41, 5.74) is 3.17. The van der Waals surface area contributed by atoms with Crippen molar-refractivity contribution in [2.24, 2.45) is 0 Å². The summed E-state index contributed by atoms with van der Waals surface area (Å²) < 4.78 is 5.65. The van der Waals surface area contributed by atoms with Gasteiger partial charge in [-0.2, -0.15) is 0 Å². The van der Waals surface area contributed by atoms with Crippen molar-refractivity contribution in [1.82, 2.24) is 0 Å². The molecule has 2 nitrogen and oxygen atoms in total. The van der Waals surface area contributed by atoms with E-state index >= 15 is 0 Å². The van der Waals surface area contributed by atoms with Crippen LogP contribution in [0, 0.1) is 0 Å². The summed E-state index contributed by atoms with van der Waals surface area (Å²) in [5.74, 6) is 0. The summed E-state index contributed by atoms with van der Waals surface area (Å²) in [5, 5.41) is 9.97. The summed E-state index contributed by atoms with van der Waals surface area (Å²) in [6.45, 7) is 0. The van der Waals surface area contributed by atoms with E-state index in [-0.39, 0.29) is 6.10 Å². The number of hydrogen-bond donors (Lipinski definition) is 1. The Kier molecular flexibility index (Phi) is 2.67. The van der Waals surface area contributed by atoms with E-state index in [4.69, 9.17) is 4.74 Å². The fourth-order valence-corrected chi connectivity index (χ4v) is 2.30. The molecule has 2 aromatic rings. The predicted octanol–water partition coefficient (Wildman–Crippen LogP) is 2.99. The predicted molar refractivity (Wildman–Crippen MR) is 65.4 cm³/mol. The number of rotatable bonds is 1. The van der Waals surface area contributed by atoms with Gasteiger partial charge in [-0.3, -0.25) is 0 Å². The number of benzene rings is 2. The van der Waals surface area contributed by atoms with Gasteiger partial charge < -0.3 is 9.84 Å². The minimum Gasteiger partial charge on any atom is -0.364 e. The molecular formula is C15H14O2. The maximum Gasteiger partial charge on any atom is 0.182 e. The van der Waals surface area contributed by atoms with Crippen LogP contribution in [0.4, 0.5) is 0 Å². The Morgan fingerprint density at radius 1 is 0.941 bits per heavy atom. The normalized spacial score (nSPS) is 23.1. The van der Waals surface area contributed by atoms with E-state index in [9.17, 15) is 5.11 Å². The molecule has 0 amide bonds. The molecule has 1 aliphatic rings. The maximum absolute atomic E-state index is 9.97. The van der Waals surface area contributed by atoms with Crippen molar-refractivity contribution < 1.29 is 9.84 Å². The molecule has 2 atom stereocenters. The van der Waals surface area contributed by atoms with Crippen LogP contribution in [0.25, 0.3) is 0 Å². The van der Waals surface area contributed by atoms with Crippen molar-refractivity contribution >= 4 is 0 Å². The van der Waals surface area contributed by atoms with E-state index in [0.717, 1.165) is 17.5 Å². The van der Waals surface area contributed by atoms with Crippen molar-refractivity contribution in [1.29, 1.82) is 0 Å². The lowest BCUT2D eigenvalue weighted by atomic mass is 9.94. The molecule has 2 heteroatoms. The van der Waals surface area contributed by atoms with E-state index in [1.165, 1.54) is 5.56 Å². The van der Waals surface area contributed by atoms with E-state index in [1.54, 1.807) is 0 Å². The third-order valence-electron chi connectivity index (χ3n) is 3.19. The average molecular weight is 226 g/mol. The fraction of sp³-hybridized carbons (Fsp3) is 0.200.